The molecule has 0 spiro atoms. The van der Waals surface area contributed by atoms with E-state index < -0.39 is 5.97 Å². The molecule has 0 amide bonds. The zero-order valence-corrected chi connectivity index (χ0v) is 11.2. The molecule has 4 heteroatoms. The number of carboxylic acid groups (broad SMARTS) is 1. The number of halogens is 1. The quantitative estimate of drug-likeness (QED) is 0.890. The molecule has 0 aliphatic carbocycles. The Hall–Kier alpha value is -1.61. The summed E-state index contributed by atoms with van der Waals surface area (Å²) < 4.78 is 0. The smallest absolute Gasteiger partial charge is 0.336 e. The van der Waals surface area contributed by atoms with Gasteiger partial charge in [0.2, 0.25) is 0 Å². The molecule has 2 rings (SSSR count). The number of fused-ring (bicyclic) bond motifs is 1. The summed E-state index contributed by atoms with van der Waals surface area (Å²) in [6.45, 7) is 5.80. The number of carboxylic acids is 1. The second-order valence-electron chi connectivity index (χ2n) is 4.62. The van der Waals surface area contributed by atoms with Gasteiger partial charge in [-0.15, -0.1) is 0 Å². The van der Waals surface area contributed by atoms with E-state index >= 15 is 0 Å². The van der Waals surface area contributed by atoms with Gasteiger partial charge in [0.1, 0.15) is 0 Å². The third-order valence-corrected chi connectivity index (χ3v) is 3.23. The zero-order chi connectivity index (χ0) is 13.4. The normalized spacial score (nSPS) is 11.2. The molecular weight excluding hydrogens is 250 g/mol. The Morgan fingerprint density at radius 1 is 1.39 bits per heavy atom. The van der Waals surface area contributed by atoms with Gasteiger partial charge in [0, 0.05) is 16.1 Å². The number of nitrogens with zero attached hydrogens (tertiary/aromatic N) is 1. The van der Waals surface area contributed by atoms with Crippen LogP contribution in [0.25, 0.3) is 10.9 Å². The van der Waals surface area contributed by atoms with Gasteiger partial charge in [0.25, 0.3) is 0 Å². The average Bonchev–Trinajstić information content (AvgIpc) is 2.27. The van der Waals surface area contributed by atoms with Crippen LogP contribution in [-0.4, -0.2) is 16.1 Å². The second kappa shape index (κ2) is 4.58. The minimum atomic E-state index is -0.927. The molecule has 0 saturated carbocycles. The van der Waals surface area contributed by atoms with Crippen molar-refractivity contribution >= 4 is 28.5 Å². The number of aromatic carboxylic acids is 1. The minimum Gasteiger partial charge on any atom is -0.478 e. The molecular formula is C14H14ClNO2. The molecule has 0 unspecified atom stereocenters. The summed E-state index contributed by atoms with van der Waals surface area (Å²) in [6.07, 6.45) is 0. The maximum atomic E-state index is 11.4. The number of pyridine rings is 1. The maximum Gasteiger partial charge on any atom is 0.336 e. The van der Waals surface area contributed by atoms with Gasteiger partial charge in [-0.2, -0.15) is 0 Å². The summed E-state index contributed by atoms with van der Waals surface area (Å²) in [7, 11) is 0. The topological polar surface area (TPSA) is 50.2 Å². The van der Waals surface area contributed by atoms with Crippen LogP contribution in [0.5, 0.6) is 0 Å². The van der Waals surface area contributed by atoms with E-state index in [-0.39, 0.29) is 5.92 Å². The molecule has 1 aromatic carbocycles. The second-order valence-corrected chi connectivity index (χ2v) is 5.05. The molecule has 0 saturated heterocycles. The number of hydrogen-bond donors (Lipinski definition) is 1. The Bertz CT molecular complexity index is 635. The molecule has 0 aliphatic heterocycles. The van der Waals surface area contributed by atoms with Crippen molar-refractivity contribution in [1.82, 2.24) is 4.98 Å². The van der Waals surface area contributed by atoms with E-state index in [4.69, 9.17) is 11.6 Å². The van der Waals surface area contributed by atoms with Crippen LogP contribution in [0, 0.1) is 6.92 Å². The summed E-state index contributed by atoms with van der Waals surface area (Å²) >= 11 is 5.93. The van der Waals surface area contributed by atoms with E-state index in [1.807, 2.05) is 13.8 Å². The molecule has 1 N–H and O–H groups in total. The number of carbonyl (C=O) groups is 1. The van der Waals surface area contributed by atoms with Crippen LogP contribution >= 0.6 is 11.6 Å². The minimum absolute atomic E-state index is 0.173. The third kappa shape index (κ3) is 2.06. The van der Waals surface area contributed by atoms with Gasteiger partial charge in [0.05, 0.1) is 11.1 Å². The summed E-state index contributed by atoms with van der Waals surface area (Å²) in [5, 5.41) is 10.6. The van der Waals surface area contributed by atoms with Crippen molar-refractivity contribution in [2.24, 2.45) is 0 Å². The van der Waals surface area contributed by atoms with Gasteiger partial charge in [-0.3, -0.25) is 4.98 Å². The predicted molar refractivity (Wildman–Crippen MR) is 72.5 cm³/mol. The highest BCUT2D eigenvalue weighted by atomic mass is 35.5. The fraction of sp³-hybridized carbons (Fsp3) is 0.286. The summed E-state index contributed by atoms with van der Waals surface area (Å²) in [5.74, 6) is -0.754. The fourth-order valence-corrected chi connectivity index (χ4v) is 2.36. The van der Waals surface area contributed by atoms with Crippen molar-refractivity contribution in [1.29, 1.82) is 0 Å². The van der Waals surface area contributed by atoms with Crippen LogP contribution in [0.15, 0.2) is 18.2 Å². The van der Waals surface area contributed by atoms with Crippen molar-refractivity contribution in [3.8, 4) is 0 Å². The Labute approximate surface area is 110 Å². The molecule has 18 heavy (non-hydrogen) atoms. The first-order chi connectivity index (χ1) is 8.41. The van der Waals surface area contributed by atoms with Gasteiger partial charge in [-0.1, -0.05) is 31.5 Å². The lowest BCUT2D eigenvalue weighted by molar-refractivity contribution is 0.0698. The Morgan fingerprint density at radius 3 is 2.61 bits per heavy atom. The largest absolute Gasteiger partial charge is 0.478 e. The Morgan fingerprint density at radius 2 is 2.06 bits per heavy atom. The Balaban J connectivity index is 2.92. The van der Waals surface area contributed by atoms with Gasteiger partial charge >= 0.3 is 5.97 Å². The predicted octanol–water partition coefficient (Wildman–Crippen LogP) is 4.02. The van der Waals surface area contributed by atoms with Crippen molar-refractivity contribution in [3.63, 3.8) is 0 Å². The van der Waals surface area contributed by atoms with E-state index in [1.54, 1.807) is 25.1 Å². The lowest BCUT2D eigenvalue weighted by atomic mass is 9.96. The standard InChI is InChI=1S/C14H14ClNO2/c1-7(2)13-8(3)12(14(17)18)10-5-4-9(15)6-11(10)16-13/h4-7H,1-3H3,(H,17,18). The van der Waals surface area contributed by atoms with Crippen LogP contribution in [-0.2, 0) is 0 Å². The Kier molecular flexibility index (Phi) is 3.26. The maximum absolute atomic E-state index is 11.4. The summed E-state index contributed by atoms with van der Waals surface area (Å²) in [6, 6.07) is 5.10. The van der Waals surface area contributed by atoms with Crippen LogP contribution in [0.4, 0.5) is 0 Å². The third-order valence-electron chi connectivity index (χ3n) is 2.99. The number of rotatable bonds is 2. The molecule has 0 bridgehead atoms. The lowest BCUT2D eigenvalue weighted by Crippen LogP contribution is -2.07. The van der Waals surface area contributed by atoms with E-state index in [0.717, 1.165) is 11.3 Å². The number of benzene rings is 1. The fourth-order valence-electron chi connectivity index (χ4n) is 2.19. The first-order valence-electron chi connectivity index (χ1n) is 5.75. The van der Waals surface area contributed by atoms with E-state index in [2.05, 4.69) is 4.98 Å². The number of aromatic nitrogens is 1. The molecule has 1 heterocycles. The van der Waals surface area contributed by atoms with E-state index in [9.17, 15) is 9.90 Å². The molecule has 3 nitrogen and oxygen atoms in total. The van der Waals surface area contributed by atoms with Crippen molar-refractivity contribution in [3.05, 3.63) is 40.0 Å². The average molecular weight is 264 g/mol. The van der Waals surface area contributed by atoms with Crippen molar-refractivity contribution < 1.29 is 9.90 Å². The highest BCUT2D eigenvalue weighted by Crippen LogP contribution is 2.28. The van der Waals surface area contributed by atoms with Crippen LogP contribution in [0.2, 0.25) is 5.02 Å². The first-order valence-corrected chi connectivity index (χ1v) is 6.12. The molecule has 0 atom stereocenters. The van der Waals surface area contributed by atoms with Crippen LogP contribution in [0.1, 0.15) is 41.4 Å². The lowest BCUT2D eigenvalue weighted by Gasteiger charge is -2.14. The van der Waals surface area contributed by atoms with Crippen LogP contribution in [0.3, 0.4) is 0 Å². The highest BCUT2D eigenvalue weighted by Gasteiger charge is 2.18. The van der Waals surface area contributed by atoms with Gasteiger partial charge in [0.15, 0.2) is 0 Å². The van der Waals surface area contributed by atoms with Crippen molar-refractivity contribution in [2.45, 2.75) is 26.7 Å². The van der Waals surface area contributed by atoms with Crippen molar-refractivity contribution in [2.75, 3.05) is 0 Å². The SMILES string of the molecule is Cc1c(C(C)C)nc2cc(Cl)ccc2c1C(=O)O. The molecule has 0 fully saturated rings. The molecule has 94 valence electrons. The monoisotopic (exact) mass is 263 g/mol. The first kappa shape index (κ1) is 12.8. The number of hydrogen-bond acceptors (Lipinski definition) is 2. The van der Waals surface area contributed by atoms with Crippen LogP contribution < -0.4 is 0 Å². The van der Waals surface area contributed by atoms with E-state index in [0.29, 0.717) is 21.5 Å². The summed E-state index contributed by atoms with van der Waals surface area (Å²) in [5.41, 5.74) is 2.49. The van der Waals surface area contributed by atoms with Gasteiger partial charge in [-0.05, 0) is 30.5 Å². The molecule has 0 aliphatic rings. The molecule has 1 aromatic heterocycles. The summed E-state index contributed by atoms with van der Waals surface area (Å²) in [4.78, 5) is 16.0. The molecule has 0 radical (unpaired) electrons. The molecule has 2 aromatic rings. The van der Waals surface area contributed by atoms with E-state index in [1.165, 1.54) is 0 Å². The highest BCUT2D eigenvalue weighted by molar-refractivity contribution is 6.31. The zero-order valence-electron chi connectivity index (χ0n) is 10.5. The van der Waals surface area contributed by atoms with Gasteiger partial charge in [-0.25, -0.2) is 4.79 Å². The van der Waals surface area contributed by atoms with Gasteiger partial charge < -0.3 is 5.11 Å².